The van der Waals surface area contributed by atoms with Crippen molar-refractivity contribution < 1.29 is 9.21 Å². The summed E-state index contributed by atoms with van der Waals surface area (Å²) >= 11 is 0. The summed E-state index contributed by atoms with van der Waals surface area (Å²) in [5.74, 6) is -0.950. The molecule has 3 aromatic heterocycles. The average Bonchev–Trinajstić information content (AvgIpc) is 3.29. The molecule has 0 aliphatic carbocycles. The number of aromatic nitrogens is 4. The van der Waals surface area contributed by atoms with E-state index in [4.69, 9.17) is 4.42 Å². The van der Waals surface area contributed by atoms with Gasteiger partial charge in [-0.05, 0) is 48.9 Å². The Hall–Kier alpha value is -4.40. The molecule has 0 fully saturated rings. The Kier molecular flexibility index (Phi) is 4.70. The number of para-hydroxylation sites is 2. The highest BCUT2D eigenvalue weighted by atomic mass is 16.4. The average molecular weight is 429 g/mol. The number of amides is 1. The second kappa shape index (κ2) is 7.69. The van der Waals surface area contributed by atoms with Gasteiger partial charge in [-0.25, -0.2) is 14.3 Å². The molecule has 9 heteroatoms. The molecule has 3 heterocycles. The predicted molar refractivity (Wildman–Crippen MR) is 119 cm³/mol. The summed E-state index contributed by atoms with van der Waals surface area (Å²) in [6.07, 6.45) is 1.67. The van der Waals surface area contributed by atoms with E-state index in [0.717, 1.165) is 5.56 Å². The second-order valence-electron chi connectivity index (χ2n) is 7.44. The molecule has 0 radical (unpaired) electrons. The first-order valence-electron chi connectivity index (χ1n) is 10.1. The van der Waals surface area contributed by atoms with Gasteiger partial charge in [0, 0.05) is 11.9 Å². The van der Waals surface area contributed by atoms with Gasteiger partial charge < -0.3 is 9.73 Å². The molecule has 1 N–H and O–H groups in total. The van der Waals surface area contributed by atoms with Gasteiger partial charge in [-0.15, -0.1) is 5.10 Å². The number of hydrogen-bond donors (Lipinski definition) is 1. The molecule has 0 aliphatic rings. The Balaban J connectivity index is 1.38. The topological polar surface area (TPSA) is 104 Å². The van der Waals surface area contributed by atoms with E-state index in [2.05, 4.69) is 10.4 Å². The minimum Gasteiger partial charge on any atom is -0.408 e. The van der Waals surface area contributed by atoms with Crippen LogP contribution in [0.15, 0.2) is 86.9 Å². The minimum absolute atomic E-state index is 0.241. The van der Waals surface area contributed by atoms with E-state index >= 15 is 0 Å². The van der Waals surface area contributed by atoms with Gasteiger partial charge in [-0.1, -0.05) is 30.3 Å². The highest BCUT2D eigenvalue weighted by Gasteiger charge is 2.21. The fraction of sp³-hybridized carbons (Fsp3) is 0.130. The van der Waals surface area contributed by atoms with Crippen molar-refractivity contribution >= 4 is 28.3 Å². The molecule has 1 atom stereocenters. The molecular weight excluding hydrogens is 410 g/mol. The van der Waals surface area contributed by atoms with Crippen molar-refractivity contribution in [1.29, 1.82) is 0 Å². The van der Waals surface area contributed by atoms with Crippen LogP contribution >= 0.6 is 0 Å². The van der Waals surface area contributed by atoms with Gasteiger partial charge in [0.2, 0.25) is 5.91 Å². The molecule has 0 saturated heterocycles. The van der Waals surface area contributed by atoms with Crippen LogP contribution in [-0.4, -0.2) is 24.7 Å². The zero-order valence-corrected chi connectivity index (χ0v) is 17.1. The molecule has 1 amide bonds. The van der Waals surface area contributed by atoms with Crippen LogP contribution in [0.5, 0.6) is 0 Å². The molecule has 160 valence electrons. The van der Waals surface area contributed by atoms with Crippen LogP contribution in [0, 0.1) is 0 Å². The smallest absolute Gasteiger partial charge is 0.408 e. The fourth-order valence-electron chi connectivity index (χ4n) is 3.71. The first-order valence-corrected chi connectivity index (χ1v) is 10.1. The number of benzene rings is 2. The Morgan fingerprint density at radius 1 is 1.06 bits per heavy atom. The number of fused-ring (bicyclic) bond motifs is 2. The van der Waals surface area contributed by atoms with Gasteiger partial charge in [0.25, 0.3) is 0 Å². The van der Waals surface area contributed by atoms with Crippen LogP contribution < -0.4 is 16.8 Å². The van der Waals surface area contributed by atoms with Crippen LogP contribution in [0.25, 0.3) is 16.7 Å². The molecule has 0 spiro atoms. The molecule has 5 rings (SSSR count). The molecule has 0 bridgehead atoms. The van der Waals surface area contributed by atoms with Crippen molar-refractivity contribution in [2.24, 2.45) is 0 Å². The summed E-state index contributed by atoms with van der Waals surface area (Å²) in [4.78, 5) is 37.6. The maximum Gasteiger partial charge on any atom is 0.420 e. The number of oxazole rings is 1. The van der Waals surface area contributed by atoms with Crippen molar-refractivity contribution in [2.45, 2.75) is 19.5 Å². The largest absolute Gasteiger partial charge is 0.420 e. The number of anilines is 1. The Morgan fingerprint density at radius 2 is 1.88 bits per heavy atom. The predicted octanol–water partition coefficient (Wildman–Crippen LogP) is 2.65. The number of rotatable bonds is 5. The number of nitrogens with one attached hydrogen (secondary N) is 1. The quantitative estimate of drug-likeness (QED) is 0.463. The van der Waals surface area contributed by atoms with E-state index in [1.54, 1.807) is 67.7 Å². The third-order valence-electron chi connectivity index (χ3n) is 5.30. The maximum absolute atomic E-state index is 12.9. The number of nitrogens with zero attached hydrogens (tertiary/aromatic N) is 4. The highest BCUT2D eigenvalue weighted by molar-refractivity contribution is 5.94. The summed E-state index contributed by atoms with van der Waals surface area (Å²) in [6.45, 7) is 1.89. The normalized spacial score (nSPS) is 12.3. The second-order valence-corrected chi connectivity index (χ2v) is 7.44. The highest BCUT2D eigenvalue weighted by Crippen LogP contribution is 2.19. The van der Waals surface area contributed by atoms with Crippen LogP contribution in [0.4, 0.5) is 5.69 Å². The molecule has 0 saturated carbocycles. The summed E-state index contributed by atoms with van der Waals surface area (Å²) in [6, 6.07) is 18.7. The molecule has 2 aromatic carbocycles. The van der Waals surface area contributed by atoms with Crippen molar-refractivity contribution in [3.05, 3.63) is 99.5 Å². The van der Waals surface area contributed by atoms with Gasteiger partial charge in [0.05, 0.1) is 12.1 Å². The van der Waals surface area contributed by atoms with Crippen molar-refractivity contribution in [1.82, 2.24) is 18.7 Å². The lowest BCUT2D eigenvalue weighted by atomic mass is 10.2. The summed E-state index contributed by atoms with van der Waals surface area (Å²) in [7, 11) is 0. The monoisotopic (exact) mass is 429 g/mol. The third kappa shape index (κ3) is 3.39. The van der Waals surface area contributed by atoms with Crippen LogP contribution in [-0.2, 0) is 11.3 Å². The number of carbonyl (C=O) groups is 1. The van der Waals surface area contributed by atoms with Gasteiger partial charge in [-0.2, -0.15) is 0 Å². The van der Waals surface area contributed by atoms with Crippen molar-refractivity contribution in [3.63, 3.8) is 0 Å². The lowest BCUT2D eigenvalue weighted by molar-refractivity contribution is -0.118. The summed E-state index contributed by atoms with van der Waals surface area (Å²) in [5.41, 5.74) is 2.66. The van der Waals surface area contributed by atoms with Crippen LogP contribution in [0.1, 0.15) is 18.5 Å². The first kappa shape index (κ1) is 19.6. The van der Waals surface area contributed by atoms with Gasteiger partial charge in [-0.3, -0.25) is 13.8 Å². The number of pyridine rings is 1. The Morgan fingerprint density at radius 3 is 2.72 bits per heavy atom. The SMILES string of the molecule is CC(C(=O)Nc1cccc(Cn2nc3ccccn3c2=O)c1)n1c(=O)oc2ccccc21. The van der Waals surface area contributed by atoms with E-state index in [9.17, 15) is 14.4 Å². The lowest BCUT2D eigenvalue weighted by Gasteiger charge is -2.14. The number of carbonyl (C=O) groups excluding carboxylic acids is 1. The molecule has 5 aromatic rings. The Bertz CT molecular complexity index is 1570. The zero-order valence-electron chi connectivity index (χ0n) is 17.1. The standard InChI is InChI=1S/C23H19N5O4/c1-15(28-18-9-2-3-10-19(18)32-23(28)31)21(29)24-17-8-6-7-16(13-17)14-27-22(30)26-12-5-4-11-20(26)25-27/h2-13,15H,14H2,1H3,(H,24,29). The van der Waals surface area contributed by atoms with E-state index in [-0.39, 0.29) is 18.1 Å². The summed E-state index contributed by atoms with van der Waals surface area (Å²) < 4.78 is 9.40. The van der Waals surface area contributed by atoms with E-state index in [1.807, 2.05) is 12.1 Å². The molecule has 32 heavy (non-hydrogen) atoms. The first-order chi connectivity index (χ1) is 15.5. The maximum atomic E-state index is 12.9. The van der Waals surface area contributed by atoms with E-state index < -0.39 is 11.8 Å². The molecular formula is C23H19N5O4. The van der Waals surface area contributed by atoms with Gasteiger partial charge in [0.15, 0.2) is 11.2 Å². The van der Waals surface area contributed by atoms with Crippen molar-refractivity contribution in [3.8, 4) is 0 Å². The zero-order chi connectivity index (χ0) is 22.2. The third-order valence-corrected chi connectivity index (χ3v) is 5.30. The lowest BCUT2D eigenvalue weighted by Crippen LogP contribution is -2.29. The molecule has 9 nitrogen and oxygen atoms in total. The summed E-state index contributed by atoms with van der Waals surface area (Å²) in [5, 5.41) is 7.17. The van der Waals surface area contributed by atoms with Crippen LogP contribution in [0.3, 0.4) is 0 Å². The van der Waals surface area contributed by atoms with Crippen molar-refractivity contribution in [2.75, 3.05) is 5.32 Å². The van der Waals surface area contributed by atoms with Crippen LogP contribution in [0.2, 0.25) is 0 Å². The molecule has 1 unspecified atom stereocenters. The van der Waals surface area contributed by atoms with E-state index in [1.165, 1.54) is 13.6 Å². The Labute approximate surface area is 181 Å². The molecule has 0 aliphatic heterocycles. The van der Waals surface area contributed by atoms with Gasteiger partial charge >= 0.3 is 11.4 Å². The van der Waals surface area contributed by atoms with Gasteiger partial charge in [0.1, 0.15) is 6.04 Å². The number of hydrogen-bond acceptors (Lipinski definition) is 5. The fourth-order valence-corrected chi connectivity index (χ4v) is 3.71. The minimum atomic E-state index is -0.782. The van der Waals surface area contributed by atoms with E-state index in [0.29, 0.717) is 22.4 Å².